The molecule has 0 fully saturated rings. The second-order valence-corrected chi connectivity index (χ2v) is 7.04. The van der Waals surface area contributed by atoms with Crippen molar-refractivity contribution >= 4 is 35.1 Å². The summed E-state index contributed by atoms with van der Waals surface area (Å²) in [5.74, 6) is 1.73. The molecule has 0 amide bonds. The summed E-state index contributed by atoms with van der Waals surface area (Å²) in [6.07, 6.45) is 8.59. The van der Waals surface area contributed by atoms with Gasteiger partial charge >= 0.3 is 0 Å². The van der Waals surface area contributed by atoms with E-state index in [0.717, 1.165) is 22.6 Å². The van der Waals surface area contributed by atoms with Crippen LogP contribution < -0.4 is 9.47 Å². The van der Waals surface area contributed by atoms with E-state index in [2.05, 4.69) is 85.0 Å². The van der Waals surface area contributed by atoms with Gasteiger partial charge in [-0.1, -0.05) is 72.8 Å². The molecule has 0 aliphatic heterocycles. The maximum absolute atomic E-state index is 5.24. The lowest BCUT2D eigenvalue weighted by atomic mass is 9.99. The SMILES string of the molecule is COc1ccc(C=Cc2cc(C=Cc3ccc(OC)cc3)c3ccccc3c2)cc1. The first-order chi connectivity index (χ1) is 14.7. The third-order valence-electron chi connectivity index (χ3n) is 5.07. The number of ether oxygens (including phenoxy) is 2. The Balaban J connectivity index is 1.66. The van der Waals surface area contributed by atoms with Gasteiger partial charge < -0.3 is 9.47 Å². The molecule has 0 spiro atoms. The molecule has 0 bridgehead atoms. The molecule has 0 aliphatic carbocycles. The number of methoxy groups -OCH3 is 2. The predicted molar refractivity (Wildman–Crippen MR) is 128 cm³/mol. The summed E-state index contributed by atoms with van der Waals surface area (Å²) in [5.41, 5.74) is 4.63. The first-order valence-electron chi connectivity index (χ1n) is 9.92. The molecule has 0 unspecified atom stereocenters. The third-order valence-corrected chi connectivity index (χ3v) is 5.07. The van der Waals surface area contributed by atoms with Crippen LogP contribution in [0.5, 0.6) is 11.5 Å². The van der Waals surface area contributed by atoms with E-state index in [1.54, 1.807) is 14.2 Å². The largest absolute Gasteiger partial charge is 0.497 e. The highest BCUT2D eigenvalue weighted by atomic mass is 16.5. The van der Waals surface area contributed by atoms with Crippen molar-refractivity contribution < 1.29 is 9.47 Å². The van der Waals surface area contributed by atoms with Crippen LogP contribution in [0.25, 0.3) is 35.1 Å². The summed E-state index contributed by atoms with van der Waals surface area (Å²) in [6.45, 7) is 0. The molecule has 0 radical (unpaired) electrons. The van der Waals surface area contributed by atoms with E-state index in [9.17, 15) is 0 Å². The van der Waals surface area contributed by atoms with Crippen LogP contribution in [0, 0.1) is 0 Å². The zero-order chi connectivity index (χ0) is 20.8. The molecule has 0 heterocycles. The zero-order valence-electron chi connectivity index (χ0n) is 17.2. The second-order valence-electron chi connectivity index (χ2n) is 7.04. The number of benzene rings is 4. The van der Waals surface area contributed by atoms with Crippen LogP contribution >= 0.6 is 0 Å². The summed E-state index contributed by atoms with van der Waals surface area (Å²) in [7, 11) is 3.36. The Morgan fingerprint density at radius 3 is 1.67 bits per heavy atom. The molecule has 0 aromatic heterocycles. The van der Waals surface area contributed by atoms with Crippen molar-refractivity contribution in [3.8, 4) is 11.5 Å². The fourth-order valence-corrected chi connectivity index (χ4v) is 3.41. The number of hydrogen-bond donors (Lipinski definition) is 0. The van der Waals surface area contributed by atoms with Gasteiger partial charge in [0.05, 0.1) is 14.2 Å². The predicted octanol–water partition coefficient (Wildman–Crippen LogP) is 7.20. The summed E-state index contributed by atoms with van der Waals surface area (Å²) in [4.78, 5) is 0. The Morgan fingerprint density at radius 1 is 0.533 bits per heavy atom. The quantitative estimate of drug-likeness (QED) is 0.323. The molecular formula is C28H24O2. The molecule has 2 nitrogen and oxygen atoms in total. The molecule has 30 heavy (non-hydrogen) atoms. The lowest BCUT2D eigenvalue weighted by Gasteiger charge is -2.06. The van der Waals surface area contributed by atoms with Crippen molar-refractivity contribution in [3.05, 3.63) is 107 Å². The topological polar surface area (TPSA) is 18.5 Å². The minimum atomic E-state index is 0.864. The van der Waals surface area contributed by atoms with Crippen LogP contribution in [0.15, 0.2) is 84.9 Å². The first kappa shape index (κ1) is 19.5. The summed E-state index contributed by atoms with van der Waals surface area (Å²) in [6, 6.07) is 29.1. The molecular weight excluding hydrogens is 368 g/mol. The van der Waals surface area contributed by atoms with E-state index in [4.69, 9.17) is 9.47 Å². The van der Waals surface area contributed by atoms with Gasteiger partial charge in [-0.05, 0) is 69.4 Å². The normalized spacial score (nSPS) is 11.4. The Morgan fingerprint density at radius 2 is 1.07 bits per heavy atom. The lowest BCUT2D eigenvalue weighted by Crippen LogP contribution is -1.83. The van der Waals surface area contributed by atoms with E-state index in [0.29, 0.717) is 0 Å². The molecule has 0 saturated heterocycles. The van der Waals surface area contributed by atoms with Crippen LogP contribution in [-0.4, -0.2) is 14.2 Å². The van der Waals surface area contributed by atoms with Crippen molar-refractivity contribution in [1.82, 2.24) is 0 Å². The van der Waals surface area contributed by atoms with Crippen molar-refractivity contribution in [1.29, 1.82) is 0 Å². The number of rotatable bonds is 6. The Kier molecular flexibility index (Phi) is 5.95. The average molecular weight is 392 g/mol. The van der Waals surface area contributed by atoms with Crippen LogP contribution in [0.4, 0.5) is 0 Å². The minimum Gasteiger partial charge on any atom is -0.497 e. The van der Waals surface area contributed by atoms with Gasteiger partial charge in [0.25, 0.3) is 0 Å². The van der Waals surface area contributed by atoms with E-state index in [-0.39, 0.29) is 0 Å². The maximum Gasteiger partial charge on any atom is 0.118 e. The minimum absolute atomic E-state index is 0.864. The zero-order valence-corrected chi connectivity index (χ0v) is 17.2. The Hall–Kier alpha value is -3.78. The van der Waals surface area contributed by atoms with Crippen molar-refractivity contribution in [2.24, 2.45) is 0 Å². The van der Waals surface area contributed by atoms with Crippen LogP contribution in [-0.2, 0) is 0 Å². The van der Waals surface area contributed by atoms with Crippen molar-refractivity contribution in [3.63, 3.8) is 0 Å². The molecule has 0 N–H and O–H groups in total. The Bertz CT molecular complexity index is 1180. The Labute approximate surface area is 177 Å². The molecule has 148 valence electrons. The van der Waals surface area contributed by atoms with Crippen LogP contribution in [0.3, 0.4) is 0 Å². The lowest BCUT2D eigenvalue weighted by molar-refractivity contribution is 0.414. The maximum atomic E-state index is 5.24. The van der Waals surface area contributed by atoms with E-state index in [1.807, 2.05) is 24.3 Å². The smallest absolute Gasteiger partial charge is 0.118 e. The summed E-state index contributed by atoms with van der Waals surface area (Å²) >= 11 is 0. The monoisotopic (exact) mass is 392 g/mol. The van der Waals surface area contributed by atoms with Gasteiger partial charge in [-0.25, -0.2) is 0 Å². The highest BCUT2D eigenvalue weighted by Gasteiger charge is 2.01. The van der Waals surface area contributed by atoms with Gasteiger partial charge in [-0.15, -0.1) is 0 Å². The second kappa shape index (κ2) is 9.15. The van der Waals surface area contributed by atoms with Gasteiger partial charge in [-0.3, -0.25) is 0 Å². The van der Waals surface area contributed by atoms with E-state index in [1.165, 1.54) is 21.9 Å². The molecule has 2 heteroatoms. The molecule has 0 saturated carbocycles. The highest BCUT2D eigenvalue weighted by molar-refractivity contribution is 5.95. The summed E-state index contributed by atoms with van der Waals surface area (Å²) < 4.78 is 10.5. The number of hydrogen-bond acceptors (Lipinski definition) is 2. The molecule has 4 aromatic carbocycles. The average Bonchev–Trinajstić information content (AvgIpc) is 2.81. The van der Waals surface area contributed by atoms with E-state index >= 15 is 0 Å². The van der Waals surface area contributed by atoms with Crippen LogP contribution in [0.2, 0.25) is 0 Å². The third kappa shape index (κ3) is 4.61. The van der Waals surface area contributed by atoms with E-state index < -0.39 is 0 Å². The number of fused-ring (bicyclic) bond motifs is 1. The summed E-state index contributed by atoms with van der Waals surface area (Å²) in [5, 5.41) is 2.47. The molecule has 0 atom stereocenters. The molecule has 4 rings (SSSR count). The van der Waals surface area contributed by atoms with Gasteiger partial charge in [0.1, 0.15) is 11.5 Å². The molecule has 4 aromatic rings. The standard InChI is InChI=1S/C28H24O2/c1-29-26-15-10-21(11-16-26)7-8-23-19-24-5-3-4-6-28(24)25(20-23)14-9-22-12-17-27(30-2)18-13-22/h3-20H,1-2H3. The van der Waals surface area contributed by atoms with Gasteiger partial charge in [0, 0.05) is 0 Å². The fourth-order valence-electron chi connectivity index (χ4n) is 3.41. The van der Waals surface area contributed by atoms with Crippen molar-refractivity contribution in [2.75, 3.05) is 14.2 Å². The van der Waals surface area contributed by atoms with Gasteiger partial charge in [-0.2, -0.15) is 0 Å². The van der Waals surface area contributed by atoms with Gasteiger partial charge in [0.15, 0.2) is 0 Å². The first-order valence-corrected chi connectivity index (χ1v) is 9.92. The molecule has 0 aliphatic rings. The van der Waals surface area contributed by atoms with Gasteiger partial charge in [0.2, 0.25) is 0 Å². The van der Waals surface area contributed by atoms with Crippen molar-refractivity contribution in [2.45, 2.75) is 0 Å². The fraction of sp³-hybridized carbons (Fsp3) is 0.0714. The van der Waals surface area contributed by atoms with Crippen LogP contribution in [0.1, 0.15) is 22.3 Å². The highest BCUT2D eigenvalue weighted by Crippen LogP contribution is 2.25.